The maximum absolute atomic E-state index is 12.9. The lowest BCUT2D eigenvalue weighted by Gasteiger charge is -2.19. The number of hydrogen-bond donors (Lipinski definition) is 2. The lowest BCUT2D eigenvalue weighted by molar-refractivity contribution is -0.388. The number of halogens is 3. The van der Waals surface area contributed by atoms with Crippen molar-refractivity contribution in [2.24, 2.45) is 0 Å². The van der Waals surface area contributed by atoms with Crippen LogP contribution in [0.2, 0.25) is 0 Å². The first-order valence-electron chi connectivity index (χ1n) is 6.14. The molecule has 124 valence electrons. The zero-order chi connectivity index (χ0) is 17.6. The van der Waals surface area contributed by atoms with Crippen LogP contribution >= 0.6 is 0 Å². The van der Waals surface area contributed by atoms with E-state index in [-0.39, 0.29) is 0 Å². The molecule has 2 N–H and O–H groups in total. The molecule has 0 radical (unpaired) electrons. The number of nitro groups is 1. The second-order valence-corrected chi connectivity index (χ2v) is 5.02. The van der Waals surface area contributed by atoms with Crippen LogP contribution in [0.25, 0.3) is 0 Å². The summed E-state index contributed by atoms with van der Waals surface area (Å²) in [7, 11) is 0. The highest BCUT2D eigenvalue weighted by Gasteiger charge is 2.49. The Morgan fingerprint density at radius 1 is 1.39 bits per heavy atom. The third-order valence-corrected chi connectivity index (χ3v) is 3.32. The van der Waals surface area contributed by atoms with Crippen LogP contribution in [0.4, 0.5) is 29.3 Å². The minimum absolute atomic E-state index is 0.346. The highest BCUT2D eigenvalue weighted by molar-refractivity contribution is 6.23. The minimum atomic E-state index is -5.04. The number of hydrogen-bond acceptors (Lipinski definition) is 5. The minimum Gasteiger partial charge on any atom is -0.393 e. The fourth-order valence-corrected chi connectivity index (χ4v) is 2.08. The predicted molar refractivity (Wildman–Crippen MR) is 69.6 cm³/mol. The van der Waals surface area contributed by atoms with Crippen molar-refractivity contribution in [3.63, 3.8) is 0 Å². The first-order chi connectivity index (χ1) is 10.5. The van der Waals surface area contributed by atoms with E-state index in [4.69, 9.17) is 5.11 Å². The van der Waals surface area contributed by atoms with Crippen LogP contribution in [-0.4, -0.2) is 34.1 Å². The van der Waals surface area contributed by atoms with Crippen LogP contribution in [0.15, 0.2) is 18.2 Å². The molecule has 1 heterocycles. The molecule has 1 aromatic carbocycles. The molecule has 1 atom stereocenters. The normalized spacial score (nSPS) is 21.5. The number of aliphatic hydroxyl groups is 1. The summed E-state index contributed by atoms with van der Waals surface area (Å²) in [4.78, 5) is 33.8. The molecule has 2 rings (SSSR count). The Hall–Kier alpha value is -2.69. The molecule has 0 bridgehead atoms. The number of nitro benzene ring substituents is 1. The van der Waals surface area contributed by atoms with Gasteiger partial charge in [-0.1, -0.05) is 0 Å². The fourth-order valence-electron chi connectivity index (χ4n) is 2.08. The van der Waals surface area contributed by atoms with Crippen molar-refractivity contribution in [1.29, 1.82) is 0 Å². The summed E-state index contributed by atoms with van der Waals surface area (Å²) < 4.78 is 38.8. The molecule has 1 aromatic rings. The van der Waals surface area contributed by atoms with Crippen molar-refractivity contribution in [1.82, 2.24) is 5.32 Å². The van der Waals surface area contributed by atoms with Crippen LogP contribution in [0.1, 0.15) is 12.5 Å². The number of carbonyl (C=O) groups is 2. The van der Waals surface area contributed by atoms with Crippen molar-refractivity contribution in [2.75, 3.05) is 11.5 Å². The molecular formula is C12H10F3N3O5. The van der Waals surface area contributed by atoms with E-state index in [1.807, 2.05) is 0 Å². The van der Waals surface area contributed by atoms with Gasteiger partial charge in [-0.3, -0.25) is 14.9 Å². The average molecular weight is 333 g/mol. The molecule has 23 heavy (non-hydrogen) atoms. The first-order valence-corrected chi connectivity index (χ1v) is 6.14. The summed E-state index contributed by atoms with van der Waals surface area (Å²) in [5, 5.41) is 22.0. The van der Waals surface area contributed by atoms with E-state index < -0.39 is 52.1 Å². The van der Waals surface area contributed by atoms with Crippen molar-refractivity contribution >= 4 is 23.3 Å². The van der Waals surface area contributed by atoms with E-state index in [0.717, 1.165) is 6.07 Å². The topological polar surface area (TPSA) is 113 Å². The number of nitrogens with one attached hydrogen (secondary N) is 1. The van der Waals surface area contributed by atoms with E-state index >= 15 is 0 Å². The quantitative estimate of drug-likeness (QED) is 0.493. The Kier molecular flexibility index (Phi) is 3.76. The molecule has 1 saturated heterocycles. The lowest BCUT2D eigenvalue weighted by atomic mass is 10.0. The average Bonchev–Trinajstić information content (AvgIpc) is 2.68. The first kappa shape index (κ1) is 16.7. The number of alkyl halides is 3. The largest absolute Gasteiger partial charge is 0.423 e. The van der Waals surface area contributed by atoms with Gasteiger partial charge in [0.2, 0.25) is 0 Å². The number of urea groups is 1. The Labute approximate surface area is 126 Å². The predicted octanol–water partition coefficient (Wildman–Crippen LogP) is 1.42. The van der Waals surface area contributed by atoms with Gasteiger partial charge >= 0.3 is 12.2 Å². The molecule has 0 saturated carbocycles. The van der Waals surface area contributed by atoms with Gasteiger partial charge in [0, 0.05) is 6.07 Å². The summed E-state index contributed by atoms with van der Waals surface area (Å²) >= 11 is 0. The molecule has 1 aliphatic heterocycles. The summed E-state index contributed by atoms with van der Waals surface area (Å²) in [6.45, 7) is 0.441. The van der Waals surface area contributed by atoms with Gasteiger partial charge in [-0.25, -0.2) is 9.69 Å². The lowest BCUT2D eigenvalue weighted by Crippen LogP contribution is -2.47. The van der Waals surface area contributed by atoms with Crippen molar-refractivity contribution in [2.45, 2.75) is 18.6 Å². The van der Waals surface area contributed by atoms with Crippen LogP contribution in [0.3, 0.4) is 0 Å². The monoisotopic (exact) mass is 333 g/mol. The van der Waals surface area contributed by atoms with E-state index in [2.05, 4.69) is 5.32 Å². The van der Waals surface area contributed by atoms with Gasteiger partial charge in [-0.2, -0.15) is 13.2 Å². The van der Waals surface area contributed by atoms with E-state index in [9.17, 15) is 32.9 Å². The van der Waals surface area contributed by atoms with Crippen LogP contribution in [0, 0.1) is 10.1 Å². The van der Waals surface area contributed by atoms with E-state index in [0.29, 0.717) is 17.0 Å². The summed E-state index contributed by atoms with van der Waals surface area (Å²) in [6, 6.07) is 0.730. The number of amides is 3. The van der Waals surface area contributed by atoms with Crippen LogP contribution in [-0.2, 0) is 11.0 Å². The van der Waals surface area contributed by atoms with Gasteiger partial charge in [0.25, 0.3) is 11.6 Å². The van der Waals surface area contributed by atoms with Crippen LogP contribution in [0.5, 0.6) is 0 Å². The van der Waals surface area contributed by atoms with Crippen molar-refractivity contribution < 1.29 is 32.8 Å². The third kappa shape index (κ3) is 2.70. The number of nitrogens with zero attached hydrogens (tertiary/aromatic N) is 2. The molecule has 0 unspecified atom stereocenters. The van der Waals surface area contributed by atoms with Crippen molar-refractivity contribution in [3.8, 4) is 0 Å². The number of anilines is 1. The number of imide groups is 1. The summed E-state index contributed by atoms with van der Waals surface area (Å²) in [5.74, 6) is -0.966. The molecule has 1 fully saturated rings. The SMILES string of the molecule is C[C@@]1(CO)NC(=O)N(c2ccc([N+](=O)[O-])c(C(F)(F)F)c2)C1=O. The molecule has 3 amide bonds. The molecule has 8 nitrogen and oxygen atoms in total. The highest BCUT2D eigenvalue weighted by atomic mass is 19.4. The van der Waals surface area contributed by atoms with Gasteiger partial charge < -0.3 is 10.4 Å². The third-order valence-electron chi connectivity index (χ3n) is 3.32. The molecule has 1 aliphatic rings. The maximum atomic E-state index is 12.9. The molecular weight excluding hydrogens is 323 g/mol. The zero-order valence-electron chi connectivity index (χ0n) is 11.5. The Morgan fingerprint density at radius 3 is 2.43 bits per heavy atom. The summed E-state index contributed by atoms with van der Waals surface area (Å²) in [6.07, 6.45) is -5.04. The number of benzene rings is 1. The fraction of sp³-hybridized carbons (Fsp3) is 0.333. The summed E-state index contributed by atoms with van der Waals surface area (Å²) in [5.41, 5.74) is -4.93. The Balaban J connectivity index is 2.56. The number of aliphatic hydroxyl groups excluding tert-OH is 1. The van der Waals surface area contributed by atoms with Gasteiger partial charge in [0.15, 0.2) is 0 Å². The standard InChI is InChI=1S/C12H10F3N3O5/c1-11(5-19)9(20)17(10(21)16-11)6-2-3-8(18(22)23)7(4-6)12(13,14)15/h2-4,19H,5H2,1H3,(H,16,21)/t11-/m0/s1. The van der Waals surface area contributed by atoms with Crippen molar-refractivity contribution in [3.05, 3.63) is 33.9 Å². The van der Waals surface area contributed by atoms with Gasteiger partial charge in [-0.05, 0) is 19.1 Å². The molecule has 0 spiro atoms. The second kappa shape index (κ2) is 5.19. The zero-order valence-corrected chi connectivity index (χ0v) is 11.5. The highest BCUT2D eigenvalue weighted by Crippen LogP contribution is 2.39. The molecule has 0 aliphatic carbocycles. The van der Waals surface area contributed by atoms with E-state index in [1.165, 1.54) is 6.92 Å². The van der Waals surface area contributed by atoms with E-state index in [1.54, 1.807) is 0 Å². The Morgan fingerprint density at radius 2 is 2.00 bits per heavy atom. The van der Waals surface area contributed by atoms with Gasteiger partial charge in [0.05, 0.1) is 17.2 Å². The van der Waals surface area contributed by atoms with Gasteiger partial charge in [-0.15, -0.1) is 0 Å². The second-order valence-electron chi connectivity index (χ2n) is 5.02. The molecule has 0 aromatic heterocycles. The molecule has 11 heteroatoms. The number of rotatable bonds is 3. The smallest absolute Gasteiger partial charge is 0.393 e. The van der Waals surface area contributed by atoms with Gasteiger partial charge in [0.1, 0.15) is 11.1 Å². The number of carbonyl (C=O) groups excluding carboxylic acids is 2. The van der Waals surface area contributed by atoms with Crippen LogP contribution < -0.4 is 10.2 Å². The maximum Gasteiger partial charge on any atom is 0.423 e. The Bertz CT molecular complexity index is 706.